The smallest absolute Gasteiger partial charge is 0.416 e. The van der Waals surface area contributed by atoms with Crippen LogP contribution >= 0.6 is 0 Å². The Labute approximate surface area is 165 Å². The van der Waals surface area contributed by atoms with Gasteiger partial charge in [-0.1, -0.05) is 12.1 Å². The molecule has 0 unspecified atom stereocenters. The quantitative estimate of drug-likeness (QED) is 0.658. The van der Waals surface area contributed by atoms with Gasteiger partial charge in [-0.05, 0) is 53.9 Å². The van der Waals surface area contributed by atoms with E-state index in [-0.39, 0.29) is 5.91 Å². The van der Waals surface area contributed by atoms with Crippen molar-refractivity contribution in [2.45, 2.75) is 6.18 Å². The molecule has 0 atom stereocenters. The predicted octanol–water partition coefficient (Wildman–Crippen LogP) is 4.60. The van der Waals surface area contributed by atoms with Gasteiger partial charge in [0.1, 0.15) is 11.5 Å². The molecule has 150 valence electrons. The molecule has 1 heterocycles. The number of amides is 1. The summed E-state index contributed by atoms with van der Waals surface area (Å²) >= 11 is 0. The number of hydrogen-bond donors (Lipinski definition) is 2. The van der Waals surface area contributed by atoms with E-state index < -0.39 is 11.7 Å². The van der Waals surface area contributed by atoms with E-state index in [1.165, 1.54) is 12.1 Å². The zero-order valence-corrected chi connectivity index (χ0v) is 15.4. The minimum absolute atomic E-state index is 0.132. The Hall–Kier alpha value is -3.06. The molecule has 0 spiro atoms. The minimum Gasteiger partial charge on any atom is -0.457 e. The fourth-order valence-electron chi connectivity index (χ4n) is 3.16. The molecule has 0 aliphatic carbocycles. The summed E-state index contributed by atoms with van der Waals surface area (Å²) in [5.41, 5.74) is -0.174. The first kappa shape index (κ1) is 19.3. The van der Waals surface area contributed by atoms with Crippen molar-refractivity contribution in [1.82, 2.24) is 10.6 Å². The maximum Gasteiger partial charge on any atom is 0.416 e. The van der Waals surface area contributed by atoms with Gasteiger partial charge in [-0.25, -0.2) is 0 Å². The summed E-state index contributed by atoms with van der Waals surface area (Å²) in [5, 5.41) is 7.68. The van der Waals surface area contributed by atoms with Gasteiger partial charge in [0.2, 0.25) is 0 Å². The second-order valence-corrected chi connectivity index (χ2v) is 7.05. The van der Waals surface area contributed by atoms with E-state index in [2.05, 4.69) is 10.6 Å². The van der Waals surface area contributed by atoms with Crippen LogP contribution in [0.2, 0.25) is 0 Å². The maximum absolute atomic E-state index is 12.7. The average molecular weight is 400 g/mol. The van der Waals surface area contributed by atoms with Gasteiger partial charge in [-0.2, -0.15) is 13.2 Å². The predicted molar refractivity (Wildman–Crippen MR) is 104 cm³/mol. The van der Waals surface area contributed by atoms with Gasteiger partial charge in [0.25, 0.3) is 5.91 Å². The first-order valence-corrected chi connectivity index (χ1v) is 9.27. The number of nitrogens with one attached hydrogen (secondary N) is 2. The average Bonchev–Trinajstić information content (AvgIpc) is 2.66. The second-order valence-electron chi connectivity index (χ2n) is 7.05. The van der Waals surface area contributed by atoms with Crippen LogP contribution in [0.5, 0.6) is 11.5 Å². The van der Waals surface area contributed by atoms with Gasteiger partial charge in [-0.15, -0.1) is 0 Å². The molecular formula is C22H19F3N2O2. The molecule has 2 N–H and O–H groups in total. The summed E-state index contributed by atoms with van der Waals surface area (Å²) in [4.78, 5) is 12.4. The highest BCUT2D eigenvalue weighted by Gasteiger charge is 2.30. The lowest BCUT2D eigenvalue weighted by molar-refractivity contribution is -0.137. The van der Waals surface area contributed by atoms with Crippen LogP contribution in [0.3, 0.4) is 0 Å². The van der Waals surface area contributed by atoms with Crippen LogP contribution in [-0.4, -0.2) is 25.5 Å². The van der Waals surface area contributed by atoms with Crippen LogP contribution in [-0.2, 0) is 6.18 Å². The molecule has 0 saturated carbocycles. The van der Waals surface area contributed by atoms with Crippen molar-refractivity contribution >= 4 is 16.7 Å². The Kier molecular flexibility index (Phi) is 5.15. The van der Waals surface area contributed by atoms with Gasteiger partial charge in [0, 0.05) is 36.5 Å². The van der Waals surface area contributed by atoms with E-state index in [1.54, 1.807) is 30.3 Å². The topological polar surface area (TPSA) is 50.4 Å². The summed E-state index contributed by atoms with van der Waals surface area (Å²) in [6, 6.07) is 15.2. The van der Waals surface area contributed by atoms with E-state index >= 15 is 0 Å². The zero-order chi connectivity index (χ0) is 20.4. The summed E-state index contributed by atoms with van der Waals surface area (Å²) in [7, 11) is 0. The first-order chi connectivity index (χ1) is 13.9. The maximum atomic E-state index is 12.7. The summed E-state index contributed by atoms with van der Waals surface area (Å²) in [6.45, 7) is 2.48. The van der Waals surface area contributed by atoms with E-state index in [0.29, 0.717) is 29.5 Å². The summed E-state index contributed by atoms with van der Waals surface area (Å²) in [5.74, 6) is 1.16. The van der Waals surface area contributed by atoms with Crippen LogP contribution in [0.15, 0.2) is 60.7 Å². The Morgan fingerprint density at radius 2 is 1.83 bits per heavy atom. The lowest BCUT2D eigenvalue weighted by Crippen LogP contribution is -2.48. The Bertz CT molecular complexity index is 1030. The van der Waals surface area contributed by atoms with Crippen molar-refractivity contribution < 1.29 is 22.7 Å². The molecule has 3 aromatic rings. The Morgan fingerprint density at radius 3 is 2.48 bits per heavy atom. The number of fused-ring (bicyclic) bond motifs is 1. The second kappa shape index (κ2) is 7.75. The number of carbonyl (C=O) groups excluding carboxylic acids is 1. The molecule has 0 aromatic heterocycles. The molecule has 0 bridgehead atoms. The van der Waals surface area contributed by atoms with Crippen molar-refractivity contribution in [2.75, 3.05) is 19.6 Å². The molecule has 7 heteroatoms. The van der Waals surface area contributed by atoms with E-state index in [0.717, 1.165) is 36.0 Å². The summed E-state index contributed by atoms with van der Waals surface area (Å²) in [6.07, 6.45) is -4.38. The molecule has 0 radical (unpaired) electrons. The fourth-order valence-corrected chi connectivity index (χ4v) is 3.16. The highest BCUT2D eigenvalue weighted by atomic mass is 19.4. The number of ether oxygens (including phenoxy) is 1. The first-order valence-electron chi connectivity index (χ1n) is 9.27. The van der Waals surface area contributed by atoms with E-state index in [1.807, 2.05) is 6.07 Å². The Balaban J connectivity index is 1.52. The van der Waals surface area contributed by atoms with Crippen LogP contribution < -0.4 is 15.4 Å². The minimum atomic E-state index is -4.38. The molecule has 3 aromatic carbocycles. The molecule has 1 aliphatic heterocycles. The molecule has 1 amide bonds. The standard InChI is InChI=1S/C22H19F3N2O2/c23-22(24,25)17-5-7-18(8-6-17)29-20-3-1-2-15-10-16(4-9-19(15)20)21(28)27-13-14-11-26-12-14/h1-10,14,26H,11-13H2,(H,27,28). The molecule has 29 heavy (non-hydrogen) atoms. The van der Waals surface area contributed by atoms with Crippen molar-refractivity contribution in [3.63, 3.8) is 0 Å². The van der Waals surface area contributed by atoms with Gasteiger partial charge in [-0.3, -0.25) is 4.79 Å². The van der Waals surface area contributed by atoms with Crippen molar-refractivity contribution in [1.29, 1.82) is 0 Å². The Morgan fingerprint density at radius 1 is 1.07 bits per heavy atom. The number of halogens is 3. The normalized spacial score (nSPS) is 14.4. The van der Waals surface area contributed by atoms with Crippen molar-refractivity contribution in [3.05, 3.63) is 71.8 Å². The number of rotatable bonds is 5. The molecule has 1 aliphatic rings. The third-order valence-electron chi connectivity index (χ3n) is 4.93. The number of carbonyl (C=O) groups is 1. The molecule has 1 saturated heterocycles. The van der Waals surface area contributed by atoms with Crippen LogP contribution in [0.1, 0.15) is 15.9 Å². The lowest BCUT2D eigenvalue weighted by atomic mass is 10.0. The van der Waals surface area contributed by atoms with Crippen LogP contribution in [0, 0.1) is 5.92 Å². The molecule has 4 nitrogen and oxygen atoms in total. The summed E-state index contributed by atoms with van der Waals surface area (Å²) < 4.78 is 43.9. The number of alkyl halides is 3. The fraction of sp³-hybridized carbons (Fsp3) is 0.227. The highest BCUT2D eigenvalue weighted by Crippen LogP contribution is 2.33. The van der Waals surface area contributed by atoms with Crippen LogP contribution in [0.25, 0.3) is 10.8 Å². The zero-order valence-electron chi connectivity index (χ0n) is 15.4. The third-order valence-corrected chi connectivity index (χ3v) is 4.93. The monoisotopic (exact) mass is 400 g/mol. The van der Waals surface area contributed by atoms with Gasteiger partial charge >= 0.3 is 6.18 Å². The third kappa shape index (κ3) is 4.35. The van der Waals surface area contributed by atoms with Crippen molar-refractivity contribution in [2.24, 2.45) is 5.92 Å². The molecule has 4 rings (SSSR count). The van der Waals surface area contributed by atoms with Crippen LogP contribution in [0.4, 0.5) is 13.2 Å². The van der Waals surface area contributed by atoms with Crippen molar-refractivity contribution in [3.8, 4) is 11.5 Å². The van der Waals surface area contributed by atoms with Gasteiger partial charge in [0.15, 0.2) is 0 Å². The van der Waals surface area contributed by atoms with Gasteiger partial charge < -0.3 is 15.4 Å². The van der Waals surface area contributed by atoms with Gasteiger partial charge in [0.05, 0.1) is 5.56 Å². The SMILES string of the molecule is O=C(NCC1CNC1)c1ccc2c(Oc3ccc(C(F)(F)F)cc3)cccc2c1. The molecule has 1 fully saturated rings. The molecular weight excluding hydrogens is 381 g/mol. The largest absolute Gasteiger partial charge is 0.457 e. The lowest BCUT2D eigenvalue weighted by Gasteiger charge is -2.27. The van der Waals surface area contributed by atoms with E-state index in [4.69, 9.17) is 4.74 Å². The highest BCUT2D eigenvalue weighted by molar-refractivity contribution is 5.99. The number of benzene rings is 3. The van der Waals surface area contributed by atoms with E-state index in [9.17, 15) is 18.0 Å². The number of hydrogen-bond acceptors (Lipinski definition) is 3.